The zero-order valence-electron chi connectivity index (χ0n) is 21.0. The highest BCUT2D eigenvalue weighted by molar-refractivity contribution is 7.99. The minimum absolute atomic E-state index is 0.117. The molecule has 3 aromatic carbocycles. The SMILES string of the molecule is CN(C)c1ccc2c(c1)Sc1cc(N(C)C)ccc1N2C(=O)NC(CO)[C@@H](O)c1ccc([N+](=O)[O-])cc1. The molecule has 0 saturated carbocycles. The summed E-state index contributed by atoms with van der Waals surface area (Å²) in [6, 6.07) is 15.4. The Morgan fingerprint density at radius 3 is 1.92 bits per heavy atom. The Labute approximate surface area is 219 Å². The third-order valence-electron chi connectivity index (χ3n) is 6.16. The third-order valence-corrected chi connectivity index (χ3v) is 7.25. The molecule has 1 aliphatic heterocycles. The van der Waals surface area contributed by atoms with E-state index in [1.54, 1.807) is 16.7 Å². The molecule has 0 aromatic heterocycles. The van der Waals surface area contributed by atoms with Crippen molar-refractivity contribution in [1.29, 1.82) is 0 Å². The maximum atomic E-state index is 13.7. The van der Waals surface area contributed by atoms with Gasteiger partial charge in [-0.15, -0.1) is 0 Å². The molecule has 0 saturated heterocycles. The molecule has 3 N–H and O–H groups in total. The Morgan fingerprint density at radius 1 is 0.973 bits per heavy atom. The largest absolute Gasteiger partial charge is 0.394 e. The highest BCUT2D eigenvalue weighted by Gasteiger charge is 2.32. The van der Waals surface area contributed by atoms with Crippen LogP contribution >= 0.6 is 11.8 Å². The number of nitro groups is 1. The molecule has 2 atom stereocenters. The van der Waals surface area contributed by atoms with Crippen molar-refractivity contribution in [2.24, 2.45) is 0 Å². The number of non-ortho nitro benzene ring substituents is 1. The zero-order chi connectivity index (χ0) is 26.9. The minimum Gasteiger partial charge on any atom is -0.394 e. The van der Waals surface area contributed by atoms with E-state index < -0.39 is 29.7 Å². The van der Waals surface area contributed by atoms with Gasteiger partial charge < -0.3 is 25.3 Å². The summed E-state index contributed by atoms with van der Waals surface area (Å²) in [7, 11) is 7.79. The summed E-state index contributed by atoms with van der Waals surface area (Å²) in [5.41, 5.74) is 3.56. The van der Waals surface area contributed by atoms with E-state index in [0.717, 1.165) is 21.2 Å². The van der Waals surface area contributed by atoms with Crippen molar-refractivity contribution < 1.29 is 19.9 Å². The number of benzene rings is 3. The van der Waals surface area contributed by atoms with Crippen molar-refractivity contribution in [3.63, 3.8) is 0 Å². The average Bonchev–Trinajstić information content (AvgIpc) is 2.88. The van der Waals surface area contributed by atoms with Crippen molar-refractivity contribution in [2.75, 3.05) is 49.5 Å². The second kappa shape index (κ2) is 10.7. The van der Waals surface area contributed by atoms with E-state index in [0.29, 0.717) is 16.9 Å². The molecule has 0 spiro atoms. The first-order valence-corrected chi connectivity index (χ1v) is 12.4. The van der Waals surface area contributed by atoms with E-state index in [1.807, 2.05) is 74.4 Å². The van der Waals surface area contributed by atoms with Crippen LogP contribution in [0.15, 0.2) is 70.5 Å². The van der Waals surface area contributed by atoms with E-state index in [4.69, 9.17) is 0 Å². The normalized spacial score (nSPS) is 13.7. The van der Waals surface area contributed by atoms with Crippen LogP contribution in [0.2, 0.25) is 0 Å². The van der Waals surface area contributed by atoms with E-state index in [-0.39, 0.29) is 5.69 Å². The lowest BCUT2D eigenvalue weighted by atomic mass is 10.0. The first-order valence-electron chi connectivity index (χ1n) is 11.5. The lowest BCUT2D eigenvalue weighted by molar-refractivity contribution is -0.384. The summed E-state index contributed by atoms with van der Waals surface area (Å²) in [5.74, 6) is 0. The molecule has 0 radical (unpaired) electrons. The van der Waals surface area contributed by atoms with Gasteiger partial charge in [0.2, 0.25) is 0 Å². The van der Waals surface area contributed by atoms with Crippen LogP contribution in [0.5, 0.6) is 0 Å². The van der Waals surface area contributed by atoms with Crippen LogP contribution in [-0.4, -0.2) is 62.0 Å². The Morgan fingerprint density at radius 2 is 1.49 bits per heavy atom. The molecule has 0 fully saturated rings. The lowest BCUT2D eigenvalue weighted by Crippen LogP contribution is -2.47. The van der Waals surface area contributed by atoms with Gasteiger partial charge in [-0.25, -0.2) is 4.79 Å². The van der Waals surface area contributed by atoms with Gasteiger partial charge in [0, 0.05) is 61.5 Å². The number of carbonyl (C=O) groups is 1. The number of urea groups is 1. The predicted octanol–water partition coefficient (Wildman–Crippen LogP) is 4.13. The maximum Gasteiger partial charge on any atom is 0.326 e. The molecule has 10 nitrogen and oxygen atoms in total. The number of nitrogens with one attached hydrogen (secondary N) is 1. The number of carbonyl (C=O) groups excluding carboxylic acids is 1. The fraction of sp³-hybridized carbons (Fsp3) is 0.269. The van der Waals surface area contributed by atoms with Crippen LogP contribution in [0.25, 0.3) is 0 Å². The predicted molar refractivity (Wildman–Crippen MR) is 145 cm³/mol. The molecular weight excluding hydrogens is 494 g/mol. The molecule has 11 heteroatoms. The molecule has 194 valence electrons. The molecule has 0 aliphatic carbocycles. The molecule has 37 heavy (non-hydrogen) atoms. The van der Waals surface area contributed by atoms with Gasteiger partial charge in [0.25, 0.3) is 5.69 Å². The number of aliphatic hydroxyl groups is 2. The Kier molecular flexibility index (Phi) is 7.58. The van der Waals surface area contributed by atoms with E-state index >= 15 is 0 Å². The Bertz CT molecular complexity index is 1260. The third kappa shape index (κ3) is 5.33. The van der Waals surface area contributed by atoms with Crippen LogP contribution in [-0.2, 0) is 0 Å². The Hall–Kier alpha value is -3.80. The van der Waals surface area contributed by atoms with Gasteiger partial charge in [-0.3, -0.25) is 15.0 Å². The van der Waals surface area contributed by atoms with Gasteiger partial charge in [-0.05, 0) is 54.1 Å². The second-order valence-electron chi connectivity index (χ2n) is 9.06. The van der Waals surface area contributed by atoms with Crippen LogP contribution in [0.3, 0.4) is 0 Å². The number of fused-ring (bicyclic) bond motifs is 2. The lowest BCUT2D eigenvalue weighted by Gasteiger charge is -2.34. The molecule has 3 aromatic rings. The fourth-order valence-electron chi connectivity index (χ4n) is 4.04. The van der Waals surface area contributed by atoms with Gasteiger partial charge in [-0.2, -0.15) is 0 Å². The first-order chi connectivity index (χ1) is 17.6. The summed E-state index contributed by atoms with van der Waals surface area (Å²) >= 11 is 1.57. The molecular formula is C26H29N5O5S. The van der Waals surface area contributed by atoms with Crippen molar-refractivity contribution >= 4 is 46.2 Å². The van der Waals surface area contributed by atoms with E-state index in [9.17, 15) is 25.1 Å². The quantitative estimate of drug-likeness (QED) is 0.312. The average molecular weight is 524 g/mol. The van der Waals surface area contributed by atoms with Crippen molar-refractivity contribution in [1.82, 2.24) is 5.32 Å². The number of hydrogen-bond donors (Lipinski definition) is 3. The summed E-state index contributed by atoms with van der Waals surface area (Å²) < 4.78 is 0. The van der Waals surface area contributed by atoms with E-state index in [1.165, 1.54) is 24.3 Å². The van der Waals surface area contributed by atoms with Gasteiger partial charge >= 0.3 is 6.03 Å². The smallest absolute Gasteiger partial charge is 0.326 e. The summed E-state index contributed by atoms with van der Waals surface area (Å²) in [4.78, 5) is 31.4. The number of anilines is 4. The maximum absolute atomic E-state index is 13.7. The summed E-state index contributed by atoms with van der Waals surface area (Å²) in [5, 5.41) is 34.6. The molecule has 1 heterocycles. The minimum atomic E-state index is -1.28. The molecule has 1 unspecified atom stereocenters. The first kappa shape index (κ1) is 26.3. The number of rotatable bonds is 7. The molecule has 4 rings (SSSR count). The van der Waals surface area contributed by atoms with Crippen molar-refractivity contribution in [2.45, 2.75) is 21.9 Å². The van der Waals surface area contributed by atoms with Gasteiger partial charge in [0.15, 0.2) is 0 Å². The van der Waals surface area contributed by atoms with Crippen molar-refractivity contribution in [3.8, 4) is 0 Å². The summed E-state index contributed by atoms with van der Waals surface area (Å²) in [6.07, 6.45) is -1.28. The number of amides is 2. The van der Waals surface area contributed by atoms with Gasteiger partial charge in [0.05, 0.1) is 28.9 Å². The van der Waals surface area contributed by atoms with Crippen LogP contribution < -0.4 is 20.0 Å². The van der Waals surface area contributed by atoms with Crippen LogP contribution in [0.4, 0.5) is 33.2 Å². The van der Waals surface area contributed by atoms with E-state index in [2.05, 4.69) is 5.32 Å². The molecule has 1 aliphatic rings. The van der Waals surface area contributed by atoms with Gasteiger partial charge in [-0.1, -0.05) is 11.8 Å². The van der Waals surface area contributed by atoms with Crippen LogP contribution in [0, 0.1) is 10.1 Å². The van der Waals surface area contributed by atoms with Crippen molar-refractivity contribution in [3.05, 3.63) is 76.3 Å². The zero-order valence-corrected chi connectivity index (χ0v) is 21.8. The number of hydrogen-bond acceptors (Lipinski definition) is 8. The second-order valence-corrected chi connectivity index (χ2v) is 10.1. The number of nitro benzene ring substituents is 1. The monoisotopic (exact) mass is 523 g/mol. The number of nitrogens with zero attached hydrogens (tertiary/aromatic N) is 4. The topological polar surface area (TPSA) is 122 Å². The highest BCUT2D eigenvalue weighted by Crippen LogP contribution is 2.50. The Balaban J connectivity index is 1.68. The fourth-order valence-corrected chi connectivity index (χ4v) is 5.16. The summed E-state index contributed by atoms with van der Waals surface area (Å²) in [6.45, 7) is -0.536. The number of aliphatic hydroxyl groups excluding tert-OH is 2. The van der Waals surface area contributed by atoms with Gasteiger partial charge in [0.1, 0.15) is 6.10 Å². The van der Waals surface area contributed by atoms with Crippen LogP contribution in [0.1, 0.15) is 11.7 Å². The highest BCUT2D eigenvalue weighted by atomic mass is 32.2. The molecule has 0 bridgehead atoms. The standard InChI is InChI=1S/C26H29N5O5S/c1-28(2)18-9-11-21-23(13-18)37-24-14-19(29(3)4)10-12-22(24)30(21)26(34)27-20(15-32)25(33)16-5-7-17(8-6-16)31(35)36/h5-14,20,25,32-33H,15H2,1-4H3,(H,27,34)/t20?,25-/m0/s1. The molecule has 2 amide bonds.